The number of hydrogen-bond acceptors (Lipinski definition) is 4. The zero-order valence-electron chi connectivity index (χ0n) is 13.0. The minimum atomic E-state index is -0.569. The summed E-state index contributed by atoms with van der Waals surface area (Å²) in [6.07, 6.45) is 1.85. The van der Waals surface area contributed by atoms with E-state index in [2.05, 4.69) is 10.4 Å². The second-order valence-electron chi connectivity index (χ2n) is 5.63. The highest BCUT2D eigenvalue weighted by atomic mass is 16.3. The molecule has 0 radical (unpaired) electrons. The quantitative estimate of drug-likeness (QED) is 0.754. The fourth-order valence-electron chi connectivity index (χ4n) is 1.97. The van der Waals surface area contributed by atoms with Crippen molar-refractivity contribution in [2.45, 2.75) is 52.7 Å². The summed E-state index contributed by atoms with van der Waals surface area (Å²) in [5.74, 6) is -0.00553. The normalized spacial score (nSPS) is 12.4. The Kier molecular flexibility index (Phi) is 7.08. The van der Waals surface area contributed by atoms with Crippen molar-refractivity contribution in [2.24, 2.45) is 5.92 Å². The van der Waals surface area contributed by atoms with Crippen LogP contribution < -0.4 is 10.9 Å². The molecule has 1 amide bonds. The molecule has 1 rings (SSSR count). The third kappa shape index (κ3) is 6.08. The van der Waals surface area contributed by atoms with E-state index in [1.807, 2.05) is 20.8 Å². The number of amides is 1. The molecule has 0 spiro atoms. The molecular weight excluding hydrogens is 270 g/mol. The highest BCUT2D eigenvalue weighted by Crippen LogP contribution is 2.03. The second-order valence-corrected chi connectivity index (χ2v) is 5.63. The van der Waals surface area contributed by atoms with Gasteiger partial charge in [-0.3, -0.25) is 9.59 Å². The number of nitrogens with zero attached hydrogens (tertiary/aromatic N) is 2. The number of carbonyl (C=O) groups excluding carboxylic acids is 1. The Morgan fingerprint density at radius 3 is 2.76 bits per heavy atom. The van der Waals surface area contributed by atoms with Gasteiger partial charge in [-0.1, -0.05) is 27.2 Å². The molecule has 2 N–H and O–H groups in total. The van der Waals surface area contributed by atoms with Crippen molar-refractivity contribution in [1.82, 2.24) is 15.1 Å². The Bertz CT molecular complexity index is 511. The van der Waals surface area contributed by atoms with Crippen LogP contribution in [0.25, 0.3) is 0 Å². The lowest BCUT2D eigenvalue weighted by Crippen LogP contribution is -2.34. The second kappa shape index (κ2) is 8.56. The zero-order chi connectivity index (χ0) is 15.8. The molecule has 0 aliphatic carbocycles. The van der Waals surface area contributed by atoms with Gasteiger partial charge in [0.05, 0.1) is 6.10 Å². The number of aliphatic hydroxyl groups excluding tert-OH is 1. The van der Waals surface area contributed by atoms with Crippen molar-refractivity contribution in [2.75, 3.05) is 6.54 Å². The van der Waals surface area contributed by atoms with Crippen molar-refractivity contribution in [3.63, 3.8) is 0 Å². The number of carbonyl (C=O) groups is 1. The SMILES string of the molecule is CCCCn1nc(C(=O)NCC(O)CC(C)C)ccc1=O. The predicted molar refractivity (Wildman–Crippen MR) is 81.2 cm³/mol. The van der Waals surface area contributed by atoms with Gasteiger partial charge >= 0.3 is 0 Å². The Morgan fingerprint density at radius 2 is 2.14 bits per heavy atom. The summed E-state index contributed by atoms with van der Waals surface area (Å²) in [4.78, 5) is 23.6. The Hall–Kier alpha value is -1.69. The average molecular weight is 295 g/mol. The summed E-state index contributed by atoms with van der Waals surface area (Å²) in [5.41, 5.74) is -0.0118. The summed E-state index contributed by atoms with van der Waals surface area (Å²) in [7, 11) is 0. The summed E-state index contributed by atoms with van der Waals surface area (Å²) in [6, 6.07) is 2.76. The molecule has 1 heterocycles. The highest BCUT2D eigenvalue weighted by Gasteiger charge is 2.12. The fraction of sp³-hybridized carbons (Fsp3) is 0.667. The molecule has 118 valence electrons. The van der Waals surface area contributed by atoms with Gasteiger partial charge in [0.15, 0.2) is 0 Å². The van der Waals surface area contributed by atoms with Gasteiger partial charge in [0.2, 0.25) is 0 Å². The number of aromatic nitrogens is 2. The molecule has 1 unspecified atom stereocenters. The van der Waals surface area contributed by atoms with E-state index in [1.165, 1.54) is 16.8 Å². The molecule has 0 aliphatic heterocycles. The van der Waals surface area contributed by atoms with Gasteiger partial charge in [0.1, 0.15) is 5.69 Å². The molecule has 0 aromatic carbocycles. The molecule has 6 nitrogen and oxygen atoms in total. The van der Waals surface area contributed by atoms with Gasteiger partial charge in [0.25, 0.3) is 11.5 Å². The summed E-state index contributed by atoms with van der Waals surface area (Å²) in [6.45, 7) is 6.74. The fourth-order valence-corrected chi connectivity index (χ4v) is 1.97. The average Bonchev–Trinajstić information content (AvgIpc) is 2.43. The maximum absolute atomic E-state index is 12.0. The lowest BCUT2D eigenvalue weighted by atomic mass is 10.1. The van der Waals surface area contributed by atoms with E-state index in [9.17, 15) is 14.7 Å². The lowest BCUT2D eigenvalue weighted by Gasteiger charge is -2.13. The first kappa shape index (κ1) is 17.4. The van der Waals surface area contributed by atoms with E-state index in [0.29, 0.717) is 18.9 Å². The number of unbranched alkanes of at least 4 members (excludes halogenated alkanes) is 1. The van der Waals surface area contributed by atoms with Crippen molar-refractivity contribution in [1.29, 1.82) is 0 Å². The van der Waals surface area contributed by atoms with Crippen molar-refractivity contribution in [3.8, 4) is 0 Å². The van der Waals surface area contributed by atoms with Crippen LogP contribution in [0, 0.1) is 5.92 Å². The van der Waals surface area contributed by atoms with Crippen molar-refractivity contribution in [3.05, 3.63) is 28.2 Å². The largest absolute Gasteiger partial charge is 0.391 e. The minimum absolute atomic E-state index is 0.187. The number of hydrogen-bond donors (Lipinski definition) is 2. The van der Waals surface area contributed by atoms with E-state index in [-0.39, 0.29) is 23.7 Å². The third-order valence-corrected chi connectivity index (χ3v) is 3.06. The maximum atomic E-state index is 12.0. The van der Waals surface area contributed by atoms with Crippen molar-refractivity contribution < 1.29 is 9.90 Å². The summed E-state index contributed by atoms with van der Waals surface area (Å²) < 4.78 is 1.31. The van der Waals surface area contributed by atoms with E-state index in [1.54, 1.807) is 0 Å². The van der Waals surface area contributed by atoms with Crippen LogP contribution in [0.1, 0.15) is 50.5 Å². The molecule has 1 aromatic rings. The first-order valence-corrected chi connectivity index (χ1v) is 7.48. The number of aliphatic hydroxyl groups is 1. The minimum Gasteiger partial charge on any atom is -0.391 e. The highest BCUT2D eigenvalue weighted by molar-refractivity contribution is 5.91. The van der Waals surface area contributed by atoms with E-state index in [0.717, 1.165) is 12.8 Å². The molecule has 0 aliphatic rings. The molecule has 6 heteroatoms. The van der Waals surface area contributed by atoms with E-state index in [4.69, 9.17) is 0 Å². The summed E-state index contributed by atoms with van der Waals surface area (Å²) in [5, 5.41) is 16.4. The van der Waals surface area contributed by atoms with Gasteiger partial charge in [-0.2, -0.15) is 5.10 Å². The molecular formula is C15H25N3O3. The van der Waals surface area contributed by atoms with Crippen LogP contribution in [0.4, 0.5) is 0 Å². The first-order valence-electron chi connectivity index (χ1n) is 7.48. The van der Waals surface area contributed by atoms with Crippen LogP contribution in [-0.2, 0) is 6.54 Å². The van der Waals surface area contributed by atoms with Crippen LogP contribution in [-0.4, -0.2) is 33.4 Å². The Morgan fingerprint density at radius 1 is 1.43 bits per heavy atom. The topological polar surface area (TPSA) is 84.2 Å². The van der Waals surface area contributed by atoms with Gasteiger partial charge in [-0.15, -0.1) is 0 Å². The molecule has 1 atom stereocenters. The Labute approximate surface area is 125 Å². The Balaban J connectivity index is 2.63. The van der Waals surface area contributed by atoms with Crippen LogP contribution >= 0.6 is 0 Å². The van der Waals surface area contributed by atoms with Crippen LogP contribution in [0.15, 0.2) is 16.9 Å². The van der Waals surface area contributed by atoms with Crippen LogP contribution in [0.5, 0.6) is 0 Å². The number of nitrogens with one attached hydrogen (secondary N) is 1. The van der Waals surface area contributed by atoms with Crippen LogP contribution in [0.3, 0.4) is 0 Å². The maximum Gasteiger partial charge on any atom is 0.271 e. The molecule has 0 saturated carbocycles. The van der Waals surface area contributed by atoms with Gasteiger partial charge < -0.3 is 10.4 Å². The van der Waals surface area contributed by atoms with Gasteiger partial charge in [-0.25, -0.2) is 4.68 Å². The van der Waals surface area contributed by atoms with Gasteiger partial charge in [0, 0.05) is 19.2 Å². The zero-order valence-corrected chi connectivity index (χ0v) is 13.0. The van der Waals surface area contributed by atoms with E-state index < -0.39 is 6.10 Å². The predicted octanol–water partition coefficient (Wildman–Crippen LogP) is 1.18. The molecule has 0 bridgehead atoms. The molecule has 0 saturated heterocycles. The molecule has 0 fully saturated rings. The first-order chi connectivity index (χ1) is 9.93. The van der Waals surface area contributed by atoms with Crippen molar-refractivity contribution >= 4 is 5.91 Å². The van der Waals surface area contributed by atoms with Crippen LogP contribution in [0.2, 0.25) is 0 Å². The smallest absolute Gasteiger partial charge is 0.271 e. The third-order valence-electron chi connectivity index (χ3n) is 3.06. The number of rotatable bonds is 8. The monoisotopic (exact) mass is 295 g/mol. The number of aryl methyl sites for hydroxylation is 1. The van der Waals surface area contributed by atoms with Gasteiger partial charge in [-0.05, 0) is 24.8 Å². The summed E-state index contributed by atoms with van der Waals surface area (Å²) >= 11 is 0. The molecule has 21 heavy (non-hydrogen) atoms. The lowest BCUT2D eigenvalue weighted by molar-refractivity contribution is 0.0893. The van der Waals surface area contributed by atoms with E-state index >= 15 is 0 Å². The standard InChI is InChI=1S/C15H25N3O3/c1-4-5-8-18-14(20)7-6-13(17-18)15(21)16-10-12(19)9-11(2)3/h6-7,11-12,19H,4-5,8-10H2,1-3H3,(H,16,21). The molecule has 1 aromatic heterocycles.